The summed E-state index contributed by atoms with van der Waals surface area (Å²) in [6, 6.07) is 10.3. The number of benzene rings is 1. The van der Waals surface area contributed by atoms with Crippen molar-refractivity contribution in [2.75, 3.05) is 13.1 Å². The van der Waals surface area contributed by atoms with Crippen LogP contribution < -0.4 is 5.32 Å². The van der Waals surface area contributed by atoms with Gasteiger partial charge in [0.15, 0.2) is 5.82 Å². The summed E-state index contributed by atoms with van der Waals surface area (Å²) in [6.45, 7) is 8.13. The highest BCUT2D eigenvalue weighted by Gasteiger charge is 2.28. The fraction of sp³-hybridized carbons (Fsp3) is 0.467. The maximum Gasteiger partial charge on any atom is 0.227 e. The second-order valence-electron chi connectivity index (χ2n) is 5.11. The molecule has 0 aliphatic carbocycles. The highest BCUT2D eigenvalue weighted by atomic mass is 16.5. The highest BCUT2D eigenvalue weighted by Crippen LogP contribution is 2.28. The van der Waals surface area contributed by atoms with Crippen molar-refractivity contribution >= 4 is 0 Å². The molecule has 0 spiro atoms. The molecule has 102 valence electrons. The van der Waals surface area contributed by atoms with Crippen molar-refractivity contribution in [1.82, 2.24) is 15.5 Å². The van der Waals surface area contributed by atoms with E-state index < -0.39 is 0 Å². The summed E-state index contributed by atoms with van der Waals surface area (Å²) in [5.41, 5.74) is 0.954. The Labute approximate surface area is 114 Å². The summed E-state index contributed by atoms with van der Waals surface area (Å²) in [7, 11) is 0. The molecule has 0 amide bonds. The van der Waals surface area contributed by atoms with E-state index in [0.717, 1.165) is 25.3 Å². The minimum absolute atomic E-state index is 0.235. The van der Waals surface area contributed by atoms with Crippen molar-refractivity contribution in [3.8, 4) is 0 Å². The lowest BCUT2D eigenvalue weighted by Crippen LogP contribution is -2.21. The average Bonchev–Trinajstić information content (AvgIpc) is 2.90. The second kappa shape index (κ2) is 5.97. The fourth-order valence-corrected chi connectivity index (χ4v) is 1.97. The van der Waals surface area contributed by atoms with Gasteiger partial charge >= 0.3 is 0 Å². The molecule has 0 atom stereocenters. The minimum atomic E-state index is -0.235. The van der Waals surface area contributed by atoms with Crippen LogP contribution in [0.3, 0.4) is 0 Å². The van der Waals surface area contributed by atoms with Crippen molar-refractivity contribution in [3.05, 3.63) is 47.6 Å². The molecular weight excluding hydrogens is 238 g/mol. The van der Waals surface area contributed by atoms with E-state index in [1.165, 1.54) is 5.56 Å². The van der Waals surface area contributed by atoms with Gasteiger partial charge in [-0.05, 0) is 26.0 Å². The summed E-state index contributed by atoms with van der Waals surface area (Å²) < 4.78 is 5.32. The van der Waals surface area contributed by atoms with Crippen LogP contribution in [0.5, 0.6) is 0 Å². The number of nitrogens with zero attached hydrogens (tertiary/aromatic N) is 2. The van der Waals surface area contributed by atoms with Crippen molar-refractivity contribution in [1.29, 1.82) is 0 Å². The molecule has 4 heteroatoms. The summed E-state index contributed by atoms with van der Waals surface area (Å²) in [5.74, 6) is 1.44. The van der Waals surface area contributed by atoms with Crippen LogP contribution in [0.2, 0.25) is 0 Å². The molecule has 2 aromatic rings. The molecule has 0 bridgehead atoms. The van der Waals surface area contributed by atoms with E-state index in [9.17, 15) is 0 Å². The van der Waals surface area contributed by atoms with Crippen LogP contribution in [0.15, 0.2) is 34.9 Å². The molecule has 1 aromatic carbocycles. The Morgan fingerprint density at radius 1 is 1.21 bits per heavy atom. The van der Waals surface area contributed by atoms with Crippen LogP contribution in [-0.2, 0) is 11.8 Å². The Hall–Kier alpha value is -1.68. The lowest BCUT2D eigenvalue weighted by atomic mass is 9.84. The van der Waals surface area contributed by atoms with Crippen molar-refractivity contribution < 1.29 is 4.52 Å². The number of aromatic nitrogens is 2. The van der Waals surface area contributed by atoms with Crippen LogP contribution in [-0.4, -0.2) is 23.2 Å². The largest absolute Gasteiger partial charge is 0.339 e. The Morgan fingerprint density at radius 2 is 1.95 bits per heavy atom. The first-order chi connectivity index (χ1) is 9.14. The molecule has 0 unspecified atom stereocenters. The first kappa shape index (κ1) is 13.7. The van der Waals surface area contributed by atoms with E-state index in [0.29, 0.717) is 5.89 Å². The summed E-state index contributed by atoms with van der Waals surface area (Å²) in [5, 5.41) is 7.38. The Kier molecular flexibility index (Phi) is 4.32. The van der Waals surface area contributed by atoms with Gasteiger partial charge in [0.25, 0.3) is 0 Å². The number of nitrogens with one attached hydrogen (secondary N) is 1. The van der Waals surface area contributed by atoms with Gasteiger partial charge in [-0.15, -0.1) is 0 Å². The van der Waals surface area contributed by atoms with E-state index >= 15 is 0 Å². The molecule has 1 heterocycles. The third-order valence-electron chi connectivity index (χ3n) is 3.29. The van der Waals surface area contributed by atoms with Gasteiger partial charge in [0.1, 0.15) is 0 Å². The van der Waals surface area contributed by atoms with Gasteiger partial charge in [0.05, 0.1) is 5.41 Å². The summed E-state index contributed by atoms with van der Waals surface area (Å²) in [6.07, 6.45) is 0.770. The Morgan fingerprint density at radius 3 is 2.63 bits per heavy atom. The topological polar surface area (TPSA) is 51.0 Å². The average molecular weight is 259 g/mol. The molecule has 1 aromatic heterocycles. The van der Waals surface area contributed by atoms with Crippen molar-refractivity contribution in [2.24, 2.45) is 0 Å². The van der Waals surface area contributed by atoms with E-state index in [4.69, 9.17) is 4.52 Å². The third kappa shape index (κ3) is 3.20. The fourth-order valence-electron chi connectivity index (χ4n) is 1.97. The van der Waals surface area contributed by atoms with Gasteiger partial charge in [0.2, 0.25) is 5.89 Å². The van der Waals surface area contributed by atoms with Crippen LogP contribution in [0.1, 0.15) is 38.0 Å². The molecule has 0 saturated carbocycles. The van der Waals surface area contributed by atoms with Gasteiger partial charge in [-0.3, -0.25) is 0 Å². The van der Waals surface area contributed by atoms with E-state index in [1.54, 1.807) is 0 Å². The zero-order chi connectivity index (χ0) is 13.7. The number of hydrogen-bond donors (Lipinski definition) is 1. The predicted molar refractivity (Wildman–Crippen MR) is 75.1 cm³/mol. The summed E-state index contributed by atoms with van der Waals surface area (Å²) in [4.78, 5) is 4.51. The molecule has 0 radical (unpaired) electrons. The SMILES string of the molecule is CCNCCc1nc(C(C)(C)c2ccccc2)no1. The van der Waals surface area contributed by atoms with E-state index in [1.807, 2.05) is 18.2 Å². The van der Waals surface area contributed by atoms with Crippen molar-refractivity contribution in [2.45, 2.75) is 32.6 Å². The maximum atomic E-state index is 5.32. The Balaban J connectivity index is 2.13. The lowest BCUT2D eigenvalue weighted by Gasteiger charge is -2.20. The maximum absolute atomic E-state index is 5.32. The molecule has 0 aliphatic heterocycles. The molecule has 0 saturated heterocycles. The standard InChI is InChI=1S/C15H21N3O/c1-4-16-11-10-13-17-14(18-19-13)15(2,3)12-8-6-5-7-9-12/h5-9,16H,4,10-11H2,1-3H3. The monoisotopic (exact) mass is 259 g/mol. The van der Waals surface area contributed by atoms with Crippen LogP contribution in [0.25, 0.3) is 0 Å². The molecule has 0 aliphatic rings. The highest BCUT2D eigenvalue weighted by molar-refractivity contribution is 5.30. The number of hydrogen-bond acceptors (Lipinski definition) is 4. The van der Waals surface area contributed by atoms with Crippen LogP contribution in [0.4, 0.5) is 0 Å². The zero-order valence-electron chi connectivity index (χ0n) is 11.8. The predicted octanol–water partition coefficient (Wildman–Crippen LogP) is 2.55. The van der Waals surface area contributed by atoms with E-state index in [2.05, 4.69) is 48.4 Å². The van der Waals surface area contributed by atoms with Crippen LogP contribution in [0, 0.1) is 0 Å². The van der Waals surface area contributed by atoms with Crippen molar-refractivity contribution in [3.63, 3.8) is 0 Å². The lowest BCUT2D eigenvalue weighted by molar-refractivity contribution is 0.364. The molecular formula is C15H21N3O. The molecule has 2 rings (SSSR count). The number of likely N-dealkylation sites (N-methyl/N-ethyl adjacent to an activating group) is 1. The first-order valence-corrected chi connectivity index (χ1v) is 6.74. The van der Waals surface area contributed by atoms with Gasteiger partial charge in [-0.25, -0.2) is 0 Å². The second-order valence-corrected chi connectivity index (χ2v) is 5.11. The first-order valence-electron chi connectivity index (χ1n) is 6.74. The smallest absolute Gasteiger partial charge is 0.227 e. The van der Waals surface area contributed by atoms with Gasteiger partial charge in [-0.1, -0.05) is 42.4 Å². The zero-order valence-corrected chi connectivity index (χ0v) is 11.8. The van der Waals surface area contributed by atoms with Crippen LogP contribution >= 0.6 is 0 Å². The Bertz CT molecular complexity index is 505. The summed E-state index contributed by atoms with van der Waals surface area (Å²) >= 11 is 0. The minimum Gasteiger partial charge on any atom is -0.339 e. The molecule has 4 nitrogen and oxygen atoms in total. The third-order valence-corrected chi connectivity index (χ3v) is 3.29. The molecule has 0 fully saturated rings. The van der Waals surface area contributed by atoms with Gasteiger partial charge in [0, 0.05) is 13.0 Å². The molecule has 1 N–H and O–H groups in total. The quantitative estimate of drug-likeness (QED) is 0.810. The normalized spacial score (nSPS) is 11.7. The van der Waals surface area contributed by atoms with Gasteiger partial charge in [-0.2, -0.15) is 4.98 Å². The molecule has 19 heavy (non-hydrogen) atoms. The van der Waals surface area contributed by atoms with Gasteiger partial charge < -0.3 is 9.84 Å². The van der Waals surface area contributed by atoms with E-state index in [-0.39, 0.29) is 5.41 Å². The number of rotatable bonds is 6.